The number of carbonyl (C=O) groups excluding carboxylic acids is 1. The van der Waals surface area contributed by atoms with Crippen molar-refractivity contribution in [3.63, 3.8) is 0 Å². The van der Waals surface area contributed by atoms with Gasteiger partial charge in [-0.25, -0.2) is 4.79 Å². The Morgan fingerprint density at radius 1 is 1.21 bits per heavy atom. The first-order valence-corrected chi connectivity index (χ1v) is 9.66. The predicted molar refractivity (Wildman–Crippen MR) is 109 cm³/mol. The Labute approximate surface area is 167 Å². The lowest BCUT2D eigenvalue weighted by molar-refractivity contribution is 0.0904. The predicted octanol–water partition coefficient (Wildman–Crippen LogP) is 1.50. The third-order valence-corrected chi connectivity index (χ3v) is 5.65. The fourth-order valence-electron chi connectivity index (χ4n) is 4.11. The molecule has 0 radical (unpaired) electrons. The van der Waals surface area contributed by atoms with Crippen molar-refractivity contribution in [3.05, 3.63) is 64.1 Å². The first-order chi connectivity index (χ1) is 13.9. The monoisotopic (exact) mass is 396 g/mol. The second-order valence-corrected chi connectivity index (χ2v) is 7.51. The van der Waals surface area contributed by atoms with Gasteiger partial charge in [-0.2, -0.15) is 0 Å². The SMILES string of the molecule is NC(=O)c1cc(C(O)CN2CCC(n3c(=O)[nH]c4ccccc43)CC2)ccc1O. The Hall–Kier alpha value is -3.10. The summed E-state index contributed by atoms with van der Waals surface area (Å²) in [5, 5.41) is 20.3. The van der Waals surface area contributed by atoms with Gasteiger partial charge in [0.1, 0.15) is 5.75 Å². The van der Waals surface area contributed by atoms with Crippen LogP contribution >= 0.6 is 0 Å². The summed E-state index contributed by atoms with van der Waals surface area (Å²) in [5.41, 5.74) is 7.46. The Morgan fingerprint density at radius 3 is 2.66 bits per heavy atom. The van der Waals surface area contributed by atoms with Gasteiger partial charge < -0.3 is 25.8 Å². The number of hydrogen-bond donors (Lipinski definition) is 4. The number of imidazole rings is 1. The van der Waals surface area contributed by atoms with Crippen LogP contribution in [0.5, 0.6) is 5.75 Å². The van der Waals surface area contributed by atoms with Gasteiger partial charge in [0.2, 0.25) is 0 Å². The van der Waals surface area contributed by atoms with Gasteiger partial charge in [0.05, 0.1) is 22.7 Å². The second kappa shape index (κ2) is 7.73. The number of nitrogens with two attached hydrogens (primary N) is 1. The van der Waals surface area contributed by atoms with Crippen LogP contribution in [0, 0.1) is 0 Å². The molecule has 0 aliphatic carbocycles. The lowest BCUT2D eigenvalue weighted by Gasteiger charge is -2.33. The molecule has 1 aromatic heterocycles. The molecule has 0 bridgehead atoms. The van der Waals surface area contributed by atoms with E-state index in [-0.39, 0.29) is 23.0 Å². The molecule has 8 nitrogen and oxygen atoms in total. The number of benzene rings is 2. The first-order valence-electron chi connectivity index (χ1n) is 9.66. The molecule has 1 atom stereocenters. The molecule has 1 aliphatic rings. The van der Waals surface area contributed by atoms with Crippen LogP contribution in [-0.2, 0) is 0 Å². The van der Waals surface area contributed by atoms with Crippen molar-refractivity contribution >= 4 is 16.9 Å². The van der Waals surface area contributed by atoms with Gasteiger partial charge >= 0.3 is 5.69 Å². The highest BCUT2D eigenvalue weighted by Crippen LogP contribution is 2.27. The number of aliphatic hydroxyl groups excluding tert-OH is 1. The molecular weight excluding hydrogens is 372 g/mol. The summed E-state index contributed by atoms with van der Waals surface area (Å²) in [7, 11) is 0. The molecule has 2 aromatic carbocycles. The van der Waals surface area contributed by atoms with E-state index in [9.17, 15) is 19.8 Å². The molecule has 1 aliphatic heterocycles. The molecular formula is C21H24N4O4. The largest absolute Gasteiger partial charge is 0.507 e. The van der Waals surface area contributed by atoms with Gasteiger partial charge in [-0.3, -0.25) is 9.36 Å². The number of primary amides is 1. The van der Waals surface area contributed by atoms with E-state index in [1.807, 2.05) is 28.8 Å². The van der Waals surface area contributed by atoms with Crippen LogP contribution in [0.1, 0.15) is 40.9 Å². The highest BCUT2D eigenvalue weighted by atomic mass is 16.3. The molecule has 2 heterocycles. The summed E-state index contributed by atoms with van der Waals surface area (Å²) in [5.74, 6) is -0.931. The van der Waals surface area contributed by atoms with E-state index in [0.29, 0.717) is 12.1 Å². The number of para-hydroxylation sites is 2. The maximum absolute atomic E-state index is 12.4. The Balaban J connectivity index is 1.42. The van der Waals surface area contributed by atoms with E-state index >= 15 is 0 Å². The number of piperidine rings is 1. The molecule has 1 unspecified atom stereocenters. The van der Waals surface area contributed by atoms with Gasteiger partial charge in [-0.05, 0) is 42.7 Å². The second-order valence-electron chi connectivity index (χ2n) is 7.51. The molecule has 152 valence electrons. The number of aromatic hydroxyl groups is 1. The highest BCUT2D eigenvalue weighted by molar-refractivity contribution is 5.95. The normalized spacial score (nSPS) is 16.9. The summed E-state index contributed by atoms with van der Waals surface area (Å²) in [6, 6.07) is 12.2. The zero-order chi connectivity index (χ0) is 20.5. The summed E-state index contributed by atoms with van der Waals surface area (Å²) < 4.78 is 1.84. The van der Waals surface area contributed by atoms with Crippen LogP contribution in [0.3, 0.4) is 0 Å². The zero-order valence-corrected chi connectivity index (χ0v) is 15.9. The molecule has 1 saturated heterocycles. The molecule has 4 rings (SSSR count). The number of aliphatic hydroxyl groups is 1. The summed E-state index contributed by atoms with van der Waals surface area (Å²) in [4.78, 5) is 28.8. The van der Waals surface area contributed by atoms with Crippen LogP contribution in [0.15, 0.2) is 47.3 Å². The van der Waals surface area contributed by atoms with Gasteiger partial charge in [0.15, 0.2) is 0 Å². The van der Waals surface area contributed by atoms with Crippen molar-refractivity contribution in [3.8, 4) is 5.75 Å². The van der Waals surface area contributed by atoms with Gasteiger partial charge in [0, 0.05) is 25.7 Å². The number of aromatic nitrogens is 2. The number of β-amino-alcohol motifs (C(OH)–C–C–N with tert-alkyl or cyclic N) is 1. The average molecular weight is 396 g/mol. The summed E-state index contributed by atoms with van der Waals surface area (Å²) in [6.07, 6.45) is 0.800. The topological polar surface area (TPSA) is 125 Å². The van der Waals surface area contributed by atoms with Gasteiger partial charge in [-0.15, -0.1) is 0 Å². The number of aromatic amines is 1. The fraction of sp³-hybridized carbons (Fsp3) is 0.333. The molecule has 0 saturated carbocycles. The number of nitrogens with one attached hydrogen (secondary N) is 1. The van der Waals surface area contributed by atoms with Crippen LogP contribution in [0.2, 0.25) is 0 Å². The maximum Gasteiger partial charge on any atom is 0.326 e. The quantitative estimate of drug-likeness (QED) is 0.520. The van der Waals surface area contributed by atoms with E-state index in [2.05, 4.69) is 9.88 Å². The van der Waals surface area contributed by atoms with Crippen molar-refractivity contribution in [2.45, 2.75) is 25.0 Å². The number of carbonyl (C=O) groups is 1. The maximum atomic E-state index is 12.4. The van der Waals surface area contributed by atoms with E-state index in [4.69, 9.17) is 5.73 Å². The number of hydrogen-bond acceptors (Lipinski definition) is 5. The standard InChI is InChI=1S/C21H24N4O4/c22-20(28)15-11-13(5-6-18(15)26)19(27)12-24-9-7-14(8-10-24)25-17-4-2-1-3-16(17)23-21(25)29/h1-6,11,14,19,26-27H,7-10,12H2,(H2,22,28)(H,23,29). The van der Waals surface area contributed by atoms with Crippen molar-refractivity contribution < 1.29 is 15.0 Å². The van der Waals surface area contributed by atoms with Crippen molar-refractivity contribution in [2.24, 2.45) is 5.73 Å². The van der Waals surface area contributed by atoms with E-state index in [1.165, 1.54) is 12.1 Å². The molecule has 29 heavy (non-hydrogen) atoms. The van der Waals surface area contributed by atoms with Crippen LogP contribution < -0.4 is 11.4 Å². The molecule has 1 amide bonds. The van der Waals surface area contributed by atoms with Crippen molar-refractivity contribution in [1.82, 2.24) is 14.5 Å². The average Bonchev–Trinajstić information content (AvgIpc) is 3.04. The Bertz CT molecular complexity index is 1100. The van der Waals surface area contributed by atoms with Gasteiger partial charge in [0.25, 0.3) is 5.91 Å². The lowest BCUT2D eigenvalue weighted by atomic mass is 10.0. The number of phenols is 1. The number of nitrogens with zero attached hydrogens (tertiary/aromatic N) is 2. The molecule has 0 spiro atoms. The lowest BCUT2D eigenvalue weighted by Crippen LogP contribution is -2.39. The van der Waals surface area contributed by atoms with Crippen LogP contribution in [-0.4, -0.2) is 50.2 Å². The minimum absolute atomic E-state index is 0.000954. The highest BCUT2D eigenvalue weighted by Gasteiger charge is 2.25. The smallest absolute Gasteiger partial charge is 0.326 e. The number of amides is 1. The fourth-order valence-corrected chi connectivity index (χ4v) is 4.11. The number of fused-ring (bicyclic) bond motifs is 1. The molecule has 5 N–H and O–H groups in total. The zero-order valence-electron chi connectivity index (χ0n) is 15.9. The van der Waals surface area contributed by atoms with E-state index in [1.54, 1.807) is 6.07 Å². The van der Waals surface area contributed by atoms with Gasteiger partial charge in [-0.1, -0.05) is 18.2 Å². The molecule has 8 heteroatoms. The summed E-state index contributed by atoms with van der Waals surface area (Å²) >= 11 is 0. The van der Waals surface area contributed by atoms with Crippen molar-refractivity contribution in [2.75, 3.05) is 19.6 Å². The minimum Gasteiger partial charge on any atom is -0.507 e. The number of likely N-dealkylation sites (tertiary alicyclic amines) is 1. The first kappa shape index (κ1) is 19.2. The molecule has 1 fully saturated rings. The third-order valence-electron chi connectivity index (χ3n) is 5.65. The molecule has 3 aromatic rings. The number of H-pyrrole nitrogens is 1. The third kappa shape index (κ3) is 3.76. The van der Waals surface area contributed by atoms with Crippen LogP contribution in [0.25, 0.3) is 11.0 Å². The van der Waals surface area contributed by atoms with Crippen LogP contribution in [0.4, 0.5) is 0 Å². The van der Waals surface area contributed by atoms with E-state index in [0.717, 1.165) is 37.0 Å². The number of rotatable bonds is 5. The minimum atomic E-state index is -0.805. The van der Waals surface area contributed by atoms with Crippen molar-refractivity contribution in [1.29, 1.82) is 0 Å². The summed E-state index contributed by atoms with van der Waals surface area (Å²) in [6.45, 7) is 1.89. The Morgan fingerprint density at radius 2 is 1.93 bits per heavy atom. The van der Waals surface area contributed by atoms with E-state index < -0.39 is 12.0 Å². The Kier molecular flexibility index (Phi) is 5.12.